The van der Waals surface area contributed by atoms with E-state index >= 15 is 0 Å². The number of anilines is 2. The van der Waals surface area contributed by atoms with E-state index in [1.165, 1.54) is 0 Å². The van der Waals surface area contributed by atoms with Gasteiger partial charge in [-0.25, -0.2) is 9.79 Å². The fourth-order valence-corrected chi connectivity index (χ4v) is 3.89. The van der Waals surface area contributed by atoms with Gasteiger partial charge in [-0.15, -0.1) is 0 Å². The number of benzene rings is 3. The molecule has 3 aromatic carbocycles. The highest BCUT2D eigenvalue weighted by Gasteiger charge is 2.32. The minimum atomic E-state index is -1.07. The van der Waals surface area contributed by atoms with Gasteiger partial charge in [-0.2, -0.15) is 0 Å². The molecule has 34 heavy (non-hydrogen) atoms. The van der Waals surface area contributed by atoms with Gasteiger partial charge in [0.1, 0.15) is 0 Å². The highest BCUT2D eigenvalue weighted by molar-refractivity contribution is 6.20. The number of carbonyl (C=O) groups excluding carboxylic acids is 2. The molecule has 1 atom stereocenters. The molecule has 0 saturated carbocycles. The molecule has 174 valence electrons. The van der Waals surface area contributed by atoms with Crippen molar-refractivity contribution in [3.05, 3.63) is 95.6 Å². The number of amides is 3. The smallest absolute Gasteiger partial charge is 0.308 e. The van der Waals surface area contributed by atoms with E-state index in [0.717, 1.165) is 22.4 Å². The van der Waals surface area contributed by atoms with E-state index < -0.39 is 12.2 Å². The van der Waals surface area contributed by atoms with E-state index in [1.807, 2.05) is 98.7 Å². The Balaban J connectivity index is 1.72. The normalized spacial score (nSPS) is 15.4. The summed E-state index contributed by atoms with van der Waals surface area (Å²) in [6.07, 6.45) is -1.07. The predicted molar refractivity (Wildman–Crippen MR) is 137 cm³/mol. The van der Waals surface area contributed by atoms with Gasteiger partial charge in [-0.05, 0) is 44.8 Å². The molecule has 3 amide bonds. The molecule has 3 aromatic rings. The Morgan fingerprint density at radius 1 is 1.00 bits per heavy atom. The topological polar surface area (TPSA) is 77.0 Å². The van der Waals surface area contributed by atoms with Crippen LogP contribution in [0.5, 0.6) is 0 Å². The number of aryl methyl sites for hydroxylation is 1. The number of hydrogen-bond acceptors (Lipinski definition) is 4. The van der Waals surface area contributed by atoms with Crippen LogP contribution in [-0.4, -0.2) is 55.9 Å². The van der Waals surface area contributed by atoms with Crippen LogP contribution in [0.1, 0.15) is 16.7 Å². The third-order valence-corrected chi connectivity index (χ3v) is 5.57. The van der Waals surface area contributed by atoms with Gasteiger partial charge in [-0.3, -0.25) is 4.79 Å². The summed E-state index contributed by atoms with van der Waals surface area (Å²) in [7, 11) is 3.93. The molecule has 0 bridgehead atoms. The molecule has 4 rings (SSSR count). The van der Waals surface area contributed by atoms with Crippen molar-refractivity contribution in [2.45, 2.75) is 13.1 Å². The summed E-state index contributed by atoms with van der Waals surface area (Å²) in [5.74, 6) is -0.278. The van der Waals surface area contributed by atoms with E-state index in [1.54, 1.807) is 11.0 Å². The average molecular weight is 456 g/mol. The summed E-state index contributed by atoms with van der Waals surface area (Å²) in [5.41, 5.74) is 4.85. The number of benzodiazepines with no additional fused rings is 1. The zero-order valence-electron chi connectivity index (χ0n) is 19.7. The molecule has 0 aliphatic carbocycles. The van der Waals surface area contributed by atoms with Gasteiger partial charge in [-0.1, -0.05) is 60.7 Å². The molecule has 0 spiro atoms. The third kappa shape index (κ3) is 5.32. The van der Waals surface area contributed by atoms with Crippen LogP contribution in [-0.2, 0) is 4.79 Å². The molecular formula is C27H29N5O2. The van der Waals surface area contributed by atoms with E-state index in [9.17, 15) is 9.59 Å². The van der Waals surface area contributed by atoms with Gasteiger partial charge >= 0.3 is 6.03 Å². The lowest BCUT2D eigenvalue weighted by Crippen LogP contribution is -2.50. The van der Waals surface area contributed by atoms with Crippen LogP contribution in [0.15, 0.2) is 83.9 Å². The first-order valence-corrected chi connectivity index (χ1v) is 11.3. The van der Waals surface area contributed by atoms with E-state index in [-0.39, 0.29) is 5.91 Å². The Bertz CT molecular complexity index is 1210. The summed E-state index contributed by atoms with van der Waals surface area (Å²) < 4.78 is 0. The number of hydrogen-bond donors (Lipinski definition) is 2. The molecule has 2 N–H and O–H groups in total. The number of para-hydroxylation sites is 1. The quantitative estimate of drug-likeness (QED) is 0.592. The molecule has 0 saturated heterocycles. The van der Waals surface area contributed by atoms with Crippen LogP contribution in [0, 0.1) is 6.92 Å². The SMILES string of the molecule is Cc1cccc(NC(=O)NC2N=C(c3ccccc3)c3ccccc3N(CCN(C)C)C2=O)c1. The first kappa shape index (κ1) is 23.2. The van der Waals surface area contributed by atoms with E-state index in [0.29, 0.717) is 24.5 Å². The first-order valence-electron chi connectivity index (χ1n) is 11.3. The number of aliphatic imine (C=N–C) groups is 1. The molecule has 7 heteroatoms. The van der Waals surface area contributed by atoms with E-state index in [4.69, 9.17) is 4.99 Å². The molecule has 1 heterocycles. The lowest BCUT2D eigenvalue weighted by molar-refractivity contribution is -0.120. The lowest BCUT2D eigenvalue weighted by atomic mass is 10.0. The number of carbonyl (C=O) groups is 2. The van der Waals surface area contributed by atoms with Crippen molar-refractivity contribution < 1.29 is 9.59 Å². The fraction of sp³-hybridized carbons (Fsp3) is 0.222. The number of fused-ring (bicyclic) bond motifs is 1. The minimum Gasteiger partial charge on any atom is -0.308 e. The van der Waals surface area contributed by atoms with E-state index in [2.05, 4.69) is 10.6 Å². The molecule has 1 unspecified atom stereocenters. The Morgan fingerprint density at radius 3 is 2.47 bits per heavy atom. The monoisotopic (exact) mass is 455 g/mol. The zero-order chi connectivity index (χ0) is 24.1. The summed E-state index contributed by atoms with van der Waals surface area (Å²) in [5, 5.41) is 5.60. The molecular weight excluding hydrogens is 426 g/mol. The molecule has 1 aliphatic heterocycles. The number of nitrogens with zero attached hydrogens (tertiary/aromatic N) is 3. The highest BCUT2D eigenvalue weighted by atomic mass is 16.2. The van der Waals surface area contributed by atoms with Crippen LogP contribution in [0.25, 0.3) is 0 Å². The number of urea groups is 1. The van der Waals surface area contributed by atoms with Gasteiger partial charge in [0, 0.05) is 29.9 Å². The summed E-state index contributed by atoms with van der Waals surface area (Å²) in [6, 6.07) is 24.5. The van der Waals surface area contributed by atoms with Crippen molar-refractivity contribution in [3.8, 4) is 0 Å². The molecule has 0 radical (unpaired) electrons. The Labute approximate surface area is 200 Å². The van der Waals surface area contributed by atoms with Gasteiger partial charge in [0.15, 0.2) is 0 Å². The van der Waals surface area contributed by atoms with Gasteiger partial charge < -0.3 is 20.4 Å². The fourth-order valence-electron chi connectivity index (χ4n) is 3.89. The molecule has 0 fully saturated rings. The summed E-state index contributed by atoms with van der Waals surface area (Å²) >= 11 is 0. The van der Waals surface area contributed by atoms with Crippen LogP contribution < -0.4 is 15.5 Å². The van der Waals surface area contributed by atoms with Crippen molar-refractivity contribution >= 4 is 29.0 Å². The standard InChI is InChI=1S/C27H29N5O2/c1-19-10-9-13-21(18-19)28-27(34)30-25-26(33)32(17-16-31(2)3)23-15-8-7-14-22(23)24(29-25)20-11-5-4-6-12-20/h4-15,18,25H,16-17H2,1-3H3,(H2,28,30,34). The molecule has 0 aromatic heterocycles. The second-order valence-corrected chi connectivity index (χ2v) is 8.52. The van der Waals surface area contributed by atoms with Crippen molar-refractivity contribution in [3.63, 3.8) is 0 Å². The largest absolute Gasteiger partial charge is 0.321 e. The van der Waals surface area contributed by atoms with Crippen LogP contribution in [0.3, 0.4) is 0 Å². The maximum absolute atomic E-state index is 13.7. The van der Waals surface area contributed by atoms with Crippen LogP contribution in [0.4, 0.5) is 16.2 Å². The zero-order valence-corrected chi connectivity index (χ0v) is 19.7. The maximum Gasteiger partial charge on any atom is 0.321 e. The van der Waals surface area contributed by atoms with Gasteiger partial charge in [0.05, 0.1) is 11.4 Å². The second-order valence-electron chi connectivity index (χ2n) is 8.52. The van der Waals surface area contributed by atoms with Crippen LogP contribution in [0.2, 0.25) is 0 Å². The Kier molecular flexibility index (Phi) is 7.04. The second kappa shape index (κ2) is 10.3. The summed E-state index contributed by atoms with van der Waals surface area (Å²) in [4.78, 5) is 35.1. The van der Waals surface area contributed by atoms with Gasteiger partial charge in [0.25, 0.3) is 5.91 Å². The lowest BCUT2D eigenvalue weighted by Gasteiger charge is -2.26. The number of nitrogens with one attached hydrogen (secondary N) is 2. The van der Waals surface area contributed by atoms with Crippen molar-refractivity contribution in [1.29, 1.82) is 0 Å². The third-order valence-electron chi connectivity index (χ3n) is 5.57. The predicted octanol–water partition coefficient (Wildman–Crippen LogP) is 3.89. The Morgan fingerprint density at radius 2 is 1.74 bits per heavy atom. The minimum absolute atomic E-state index is 0.278. The molecule has 1 aliphatic rings. The van der Waals surface area contributed by atoms with Crippen molar-refractivity contribution in [2.75, 3.05) is 37.4 Å². The number of rotatable bonds is 6. The van der Waals surface area contributed by atoms with Crippen LogP contribution >= 0.6 is 0 Å². The van der Waals surface area contributed by atoms with Gasteiger partial charge in [0.2, 0.25) is 6.17 Å². The average Bonchev–Trinajstić information content (AvgIpc) is 2.93. The van der Waals surface area contributed by atoms with Crippen molar-refractivity contribution in [2.24, 2.45) is 4.99 Å². The first-order chi connectivity index (χ1) is 16.4. The summed E-state index contributed by atoms with van der Waals surface area (Å²) in [6.45, 7) is 3.09. The number of likely N-dealkylation sites (N-methyl/N-ethyl adjacent to an activating group) is 1. The van der Waals surface area contributed by atoms with Crippen molar-refractivity contribution in [1.82, 2.24) is 10.2 Å². The maximum atomic E-state index is 13.7. The highest BCUT2D eigenvalue weighted by Crippen LogP contribution is 2.28. The Hall–Kier alpha value is -3.97. The molecule has 7 nitrogen and oxygen atoms in total.